The van der Waals surface area contributed by atoms with Gasteiger partial charge in [0, 0.05) is 19.3 Å². The number of hydrogen-bond donors (Lipinski definition) is 2. The summed E-state index contributed by atoms with van der Waals surface area (Å²) in [6.45, 7) is 11.1. The van der Waals surface area contributed by atoms with Crippen LogP contribution in [-0.2, 0) is 23.9 Å². The van der Waals surface area contributed by atoms with E-state index in [1.165, 1.54) is 180 Å². The Balaban J connectivity index is 3.86. The maximum Gasteiger partial charge on any atom is 0.305 e. The number of nitrogens with one attached hydrogen (secondary N) is 1. The van der Waals surface area contributed by atoms with E-state index in [0.29, 0.717) is 31.8 Å². The maximum absolute atomic E-state index is 12.3. The fourth-order valence-corrected chi connectivity index (χ4v) is 9.25. The smallest absolute Gasteiger partial charge is 0.305 e. The number of ether oxygens (including phenoxy) is 2. The highest BCUT2D eigenvalue weighted by molar-refractivity contribution is 5.69. The molecule has 0 aromatic heterocycles. The number of hydrogen-bond acceptors (Lipinski definition) is 7. The lowest BCUT2D eigenvalue weighted by Crippen LogP contribution is -2.30. The summed E-state index contributed by atoms with van der Waals surface area (Å²) in [5, 5.41) is 12.6. The molecular formula is C59H114N2O6. The molecular weight excluding hydrogens is 833 g/mol. The van der Waals surface area contributed by atoms with Gasteiger partial charge >= 0.3 is 11.9 Å². The van der Waals surface area contributed by atoms with Crippen LogP contribution in [0.15, 0.2) is 5.76 Å². The maximum atomic E-state index is 12.3. The van der Waals surface area contributed by atoms with Gasteiger partial charge in [0.05, 0.1) is 13.2 Å². The molecule has 0 aliphatic rings. The Bertz CT molecular complexity index is 1060. The molecule has 8 heteroatoms. The van der Waals surface area contributed by atoms with Crippen LogP contribution >= 0.6 is 0 Å². The first-order valence-electron chi connectivity index (χ1n) is 29.7. The van der Waals surface area contributed by atoms with Crippen molar-refractivity contribution in [1.29, 1.82) is 0 Å². The molecule has 0 rings (SSSR count). The van der Waals surface area contributed by atoms with Crippen molar-refractivity contribution in [2.24, 2.45) is 0 Å². The van der Waals surface area contributed by atoms with Crippen LogP contribution in [0.4, 0.5) is 0 Å². The van der Waals surface area contributed by atoms with Crippen molar-refractivity contribution < 1.29 is 29.0 Å². The fraction of sp³-hybridized carbons (Fsp3) is 0.932. The third kappa shape index (κ3) is 54.9. The van der Waals surface area contributed by atoms with E-state index in [2.05, 4.69) is 24.1 Å². The molecule has 0 unspecified atom stereocenters. The molecule has 8 nitrogen and oxygen atoms in total. The monoisotopic (exact) mass is 947 g/mol. The number of carbonyl (C=O) groups is 2. The highest BCUT2D eigenvalue weighted by Crippen LogP contribution is 2.17. The Morgan fingerprint density at radius 2 is 0.716 bits per heavy atom. The molecule has 0 saturated heterocycles. The molecule has 0 heterocycles. The molecule has 396 valence electrons. The van der Waals surface area contributed by atoms with Gasteiger partial charge in [-0.1, -0.05) is 232 Å². The van der Waals surface area contributed by atoms with E-state index < -0.39 is 5.97 Å². The summed E-state index contributed by atoms with van der Waals surface area (Å²) in [5.41, 5.74) is 0. The van der Waals surface area contributed by atoms with Gasteiger partial charge in [0.25, 0.3) is 0 Å². The molecule has 0 spiro atoms. The van der Waals surface area contributed by atoms with Crippen LogP contribution in [0.3, 0.4) is 0 Å². The van der Waals surface area contributed by atoms with E-state index in [-0.39, 0.29) is 12.4 Å². The van der Waals surface area contributed by atoms with E-state index in [0.717, 1.165) is 129 Å². The van der Waals surface area contributed by atoms with Crippen molar-refractivity contribution in [2.45, 2.75) is 309 Å². The number of aliphatic carboxylic acids is 1. The molecule has 0 amide bonds. The van der Waals surface area contributed by atoms with Crippen LogP contribution in [0.25, 0.3) is 0 Å². The summed E-state index contributed by atoms with van der Waals surface area (Å²) in [6, 6.07) is 0. The molecule has 0 saturated carbocycles. The molecule has 0 aromatic carbocycles. The molecule has 2 N–H and O–H groups in total. The largest absolute Gasteiger partial charge is 0.487 e. The molecule has 0 atom stereocenters. The van der Waals surface area contributed by atoms with Crippen molar-refractivity contribution >= 4 is 17.9 Å². The van der Waals surface area contributed by atoms with Crippen LogP contribution in [0.5, 0.6) is 0 Å². The minimum absolute atomic E-state index is 0.0290. The topological polar surface area (TPSA) is 105 Å². The standard InChI is InChI=1S/C59H114N2O6/c1-3-5-7-9-11-13-15-16-17-18-19-20-21-22-23-24-26-28-36-44-55-67-59(65)48-39-31-34-42-52-61(51-41-33-30-38-47-58(63)64)53-45-50-60-49-40-32-29-37-46-57(56-62)66-54-43-35-27-25-14-12-10-8-6-4-2/h60H,3-55H2,1-2H3,(H,63,64). The Kier molecular flexibility index (Phi) is 55.1. The molecule has 0 aliphatic carbocycles. The first-order valence-corrected chi connectivity index (χ1v) is 29.7. The summed E-state index contributed by atoms with van der Waals surface area (Å²) in [5.74, 6) is 1.82. The summed E-state index contributed by atoms with van der Waals surface area (Å²) in [7, 11) is 0. The van der Waals surface area contributed by atoms with Crippen molar-refractivity contribution in [2.75, 3.05) is 45.9 Å². The minimum atomic E-state index is -0.697. The second-order valence-electron chi connectivity index (χ2n) is 20.3. The second-order valence-corrected chi connectivity index (χ2v) is 20.3. The van der Waals surface area contributed by atoms with Crippen LogP contribution in [0, 0.1) is 0 Å². The van der Waals surface area contributed by atoms with Crippen molar-refractivity contribution in [3.8, 4) is 0 Å². The van der Waals surface area contributed by atoms with E-state index in [4.69, 9.17) is 14.6 Å². The van der Waals surface area contributed by atoms with Gasteiger partial charge in [0.1, 0.15) is 0 Å². The summed E-state index contributed by atoms with van der Waals surface area (Å²) in [4.78, 5) is 37.1. The lowest BCUT2D eigenvalue weighted by Gasteiger charge is -2.22. The number of rotatable bonds is 58. The third-order valence-corrected chi connectivity index (χ3v) is 13.7. The Labute approximate surface area is 416 Å². The van der Waals surface area contributed by atoms with E-state index in [1.54, 1.807) is 0 Å². The lowest BCUT2D eigenvalue weighted by molar-refractivity contribution is -0.144. The first-order chi connectivity index (χ1) is 33.0. The lowest BCUT2D eigenvalue weighted by atomic mass is 10.0. The zero-order chi connectivity index (χ0) is 48.6. The summed E-state index contributed by atoms with van der Waals surface area (Å²) in [6.07, 6.45) is 55.6. The molecule has 0 aliphatic heterocycles. The van der Waals surface area contributed by atoms with Crippen LogP contribution < -0.4 is 5.32 Å². The Hall–Kier alpha value is -1.89. The van der Waals surface area contributed by atoms with Gasteiger partial charge < -0.3 is 24.8 Å². The van der Waals surface area contributed by atoms with Gasteiger partial charge in [-0.3, -0.25) is 9.59 Å². The zero-order valence-corrected chi connectivity index (χ0v) is 44.9. The number of nitrogens with zero attached hydrogens (tertiary/aromatic N) is 1. The Morgan fingerprint density at radius 1 is 0.388 bits per heavy atom. The third-order valence-electron chi connectivity index (χ3n) is 13.7. The van der Waals surface area contributed by atoms with Gasteiger partial charge in [-0.25, -0.2) is 4.79 Å². The van der Waals surface area contributed by atoms with Crippen molar-refractivity contribution in [1.82, 2.24) is 10.2 Å². The fourth-order valence-electron chi connectivity index (χ4n) is 9.25. The van der Waals surface area contributed by atoms with Crippen molar-refractivity contribution in [3.63, 3.8) is 0 Å². The normalized spacial score (nSPS) is 11.4. The molecule has 67 heavy (non-hydrogen) atoms. The number of esters is 1. The molecule has 0 fully saturated rings. The minimum Gasteiger partial charge on any atom is -0.487 e. The van der Waals surface area contributed by atoms with E-state index in [1.807, 2.05) is 5.94 Å². The number of unbranched alkanes of at least 4 members (excludes halogenated alkanes) is 37. The van der Waals surface area contributed by atoms with Crippen LogP contribution in [-0.4, -0.2) is 73.8 Å². The second kappa shape index (κ2) is 56.7. The van der Waals surface area contributed by atoms with E-state index >= 15 is 0 Å². The first kappa shape index (κ1) is 65.1. The van der Waals surface area contributed by atoms with Gasteiger partial charge in [0.15, 0.2) is 11.7 Å². The highest BCUT2D eigenvalue weighted by Gasteiger charge is 2.08. The van der Waals surface area contributed by atoms with Gasteiger partial charge in [-0.15, -0.1) is 0 Å². The number of carbonyl (C=O) groups excluding carboxylic acids is 2. The zero-order valence-electron chi connectivity index (χ0n) is 44.9. The highest BCUT2D eigenvalue weighted by atomic mass is 16.5. The number of carboxylic acids is 1. The molecule has 0 aromatic rings. The average Bonchev–Trinajstić information content (AvgIpc) is 3.32. The van der Waals surface area contributed by atoms with Crippen LogP contribution in [0.1, 0.15) is 309 Å². The van der Waals surface area contributed by atoms with Crippen molar-refractivity contribution in [3.05, 3.63) is 5.76 Å². The van der Waals surface area contributed by atoms with Gasteiger partial charge in [0.2, 0.25) is 0 Å². The average molecular weight is 948 g/mol. The van der Waals surface area contributed by atoms with E-state index in [9.17, 15) is 14.4 Å². The number of carboxylic acid groups (broad SMARTS) is 1. The predicted octanol–water partition coefficient (Wildman–Crippen LogP) is 17.2. The van der Waals surface area contributed by atoms with Gasteiger partial charge in [-0.05, 0) is 90.5 Å². The molecule has 0 bridgehead atoms. The number of allylic oxidation sites excluding steroid dienone is 1. The van der Waals surface area contributed by atoms with Gasteiger partial charge in [-0.2, -0.15) is 0 Å². The van der Waals surface area contributed by atoms with Crippen LogP contribution in [0.2, 0.25) is 0 Å². The summed E-state index contributed by atoms with van der Waals surface area (Å²) >= 11 is 0. The Morgan fingerprint density at radius 3 is 1.15 bits per heavy atom. The summed E-state index contributed by atoms with van der Waals surface area (Å²) < 4.78 is 11.3. The SMILES string of the molecule is CCCCCCCCCCCCCCCCCCCCCCOC(=O)CCCCCCN(CCCCCCC(=O)O)CCCNCCCCCCC(=C=O)OCCCCCCCCCCCC. The molecule has 0 radical (unpaired) electrons. The quantitative estimate of drug-likeness (QED) is 0.0269. The predicted molar refractivity (Wildman–Crippen MR) is 287 cm³/mol.